The molecule has 0 unspecified atom stereocenters. The van der Waals surface area contributed by atoms with Crippen molar-refractivity contribution in [3.05, 3.63) is 48.5 Å². The number of hydrogen-bond acceptors (Lipinski definition) is 7. The van der Waals surface area contributed by atoms with Gasteiger partial charge in [0.2, 0.25) is 0 Å². The summed E-state index contributed by atoms with van der Waals surface area (Å²) in [4.78, 5) is 13.9. The van der Waals surface area contributed by atoms with Gasteiger partial charge in [0.25, 0.3) is 0 Å². The molecule has 0 spiro atoms. The molecule has 2 N–H and O–H groups in total. The monoisotopic (exact) mass is 376 g/mol. The lowest BCUT2D eigenvalue weighted by molar-refractivity contribution is 0.256. The van der Waals surface area contributed by atoms with E-state index in [1.165, 1.54) is 14.3 Å². The minimum absolute atomic E-state index is 0.500. The van der Waals surface area contributed by atoms with Crippen LogP contribution in [0.4, 0.5) is 16.2 Å². The second-order valence-corrected chi connectivity index (χ2v) is 5.96. The number of primary amides is 1. The number of nitrogens with two attached hydrogens (primary N) is 1. The Labute approximate surface area is 159 Å². The van der Waals surface area contributed by atoms with Crippen LogP contribution in [-0.4, -0.2) is 46.4 Å². The zero-order chi connectivity index (χ0) is 19.7. The first-order chi connectivity index (χ1) is 13.6. The van der Waals surface area contributed by atoms with Gasteiger partial charge in [0.1, 0.15) is 0 Å². The van der Waals surface area contributed by atoms with Crippen LogP contribution >= 0.6 is 0 Å². The molecule has 0 saturated heterocycles. The number of benzene rings is 2. The maximum Gasteiger partial charge on any atom is 0.323 e. The first-order valence-corrected chi connectivity index (χ1v) is 8.31. The highest BCUT2D eigenvalue weighted by molar-refractivity contribution is 6.04. The molecule has 2 aromatic heterocycles. The van der Waals surface area contributed by atoms with E-state index in [2.05, 4.69) is 31.1 Å². The molecule has 11 nitrogen and oxygen atoms in total. The van der Waals surface area contributed by atoms with Gasteiger partial charge >= 0.3 is 6.03 Å². The summed E-state index contributed by atoms with van der Waals surface area (Å²) >= 11 is 0. The third kappa shape index (κ3) is 2.84. The SMILES string of the molecule is Cn1nnnc1-c1ccccc1N(C(N)=O)c1ccccc1-c1nnnn1C. The summed E-state index contributed by atoms with van der Waals surface area (Å²) in [5.41, 5.74) is 8.17. The molecular weight excluding hydrogens is 360 g/mol. The Morgan fingerprint density at radius 3 is 1.61 bits per heavy atom. The van der Waals surface area contributed by atoms with Crippen molar-refractivity contribution in [1.82, 2.24) is 40.4 Å². The van der Waals surface area contributed by atoms with E-state index in [-0.39, 0.29) is 0 Å². The highest BCUT2D eigenvalue weighted by atomic mass is 16.2. The molecule has 0 radical (unpaired) electrons. The molecule has 0 bridgehead atoms. The van der Waals surface area contributed by atoms with Crippen molar-refractivity contribution in [2.75, 3.05) is 4.90 Å². The fraction of sp³-hybridized carbons (Fsp3) is 0.118. The van der Waals surface area contributed by atoms with Gasteiger partial charge in [0, 0.05) is 25.2 Å². The number of carbonyl (C=O) groups is 1. The van der Waals surface area contributed by atoms with E-state index < -0.39 is 6.03 Å². The second kappa shape index (κ2) is 6.87. The minimum Gasteiger partial charge on any atom is -0.351 e. The highest BCUT2D eigenvalue weighted by Gasteiger charge is 2.25. The highest BCUT2D eigenvalue weighted by Crippen LogP contribution is 2.38. The van der Waals surface area contributed by atoms with Crippen molar-refractivity contribution >= 4 is 17.4 Å². The van der Waals surface area contributed by atoms with Crippen LogP contribution in [0.3, 0.4) is 0 Å². The number of rotatable bonds is 4. The summed E-state index contributed by atoms with van der Waals surface area (Å²) in [5.74, 6) is 0.999. The van der Waals surface area contributed by atoms with Gasteiger partial charge in [-0.3, -0.25) is 4.90 Å². The maximum absolute atomic E-state index is 12.5. The Kier molecular flexibility index (Phi) is 4.24. The molecule has 4 rings (SSSR count). The Morgan fingerprint density at radius 2 is 1.25 bits per heavy atom. The van der Waals surface area contributed by atoms with Crippen LogP contribution in [-0.2, 0) is 14.1 Å². The lowest BCUT2D eigenvalue weighted by atomic mass is 10.1. The summed E-state index contributed by atoms with van der Waals surface area (Å²) in [7, 11) is 3.44. The molecule has 2 amide bonds. The number of urea groups is 1. The van der Waals surface area contributed by atoms with Crippen LogP contribution in [0.15, 0.2) is 48.5 Å². The van der Waals surface area contributed by atoms with Crippen molar-refractivity contribution in [3.8, 4) is 22.8 Å². The molecule has 0 saturated carbocycles. The Hall–Kier alpha value is -4.15. The zero-order valence-electron chi connectivity index (χ0n) is 15.1. The average molecular weight is 376 g/mol. The standard InChI is InChI=1S/C17H16N10O/c1-25-15(19-21-23-25)11-7-3-5-9-13(11)27(17(18)28)14-10-6-4-8-12(14)16-20-22-24-26(16)2/h3-10H,1-2H3,(H2,18,28). The first kappa shape index (κ1) is 17.3. The van der Waals surface area contributed by atoms with Crippen molar-refractivity contribution in [3.63, 3.8) is 0 Å². The largest absolute Gasteiger partial charge is 0.351 e. The van der Waals surface area contributed by atoms with E-state index in [4.69, 9.17) is 5.73 Å². The van der Waals surface area contributed by atoms with Gasteiger partial charge in [-0.15, -0.1) is 10.2 Å². The summed E-state index contributed by atoms with van der Waals surface area (Å²) < 4.78 is 3.05. The van der Waals surface area contributed by atoms with Crippen molar-refractivity contribution in [2.45, 2.75) is 0 Å². The molecule has 4 aromatic rings. The third-order valence-electron chi connectivity index (χ3n) is 4.23. The smallest absolute Gasteiger partial charge is 0.323 e. The predicted molar refractivity (Wildman–Crippen MR) is 100 cm³/mol. The topological polar surface area (TPSA) is 134 Å². The van der Waals surface area contributed by atoms with Crippen molar-refractivity contribution < 1.29 is 4.79 Å². The Bertz CT molecular complexity index is 1060. The fourth-order valence-corrected chi connectivity index (χ4v) is 3.00. The van der Waals surface area contributed by atoms with Crippen LogP contribution in [0.2, 0.25) is 0 Å². The minimum atomic E-state index is -0.662. The number of hydrogen-bond donors (Lipinski definition) is 1. The van der Waals surface area contributed by atoms with Crippen molar-refractivity contribution in [1.29, 1.82) is 0 Å². The predicted octanol–water partition coefficient (Wildman–Crippen LogP) is 1.28. The summed E-state index contributed by atoms with van der Waals surface area (Å²) in [6.45, 7) is 0. The van der Waals surface area contributed by atoms with Gasteiger partial charge in [-0.2, -0.15) is 0 Å². The van der Waals surface area contributed by atoms with Gasteiger partial charge in [0.05, 0.1) is 11.4 Å². The van der Waals surface area contributed by atoms with E-state index in [9.17, 15) is 4.79 Å². The van der Waals surface area contributed by atoms with E-state index in [0.29, 0.717) is 34.2 Å². The molecule has 0 fully saturated rings. The van der Waals surface area contributed by atoms with E-state index in [1.54, 1.807) is 26.2 Å². The van der Waals surface area contributed by atoms with Gasteiger partial charge in [-0.1, -0.05) is 24.3 Å². The van der Waals surface area contributed by atoms with Gasteiger partial charge < -0.3 is 5.73 Å². The Morgan fingerprint density at radius 1 is 0.821 bits per heavy atom. The number of nitrogens with zero attached hydrogens (tertiary/aromatic N) is 9. The maximum atomic E-state index is 12.5. The molecule has 0 aliphatic heterocycles. The average Bonchev–Trinajstić information content (AvgIpc) is 3.31. The lowest BCUT2D eigenvalue weighted by Crippen LogP contribution is -2.32. The van der Waals surface area contributed by atoms with Crippen LogP contribution in [0, 0.1) is 0 Å². The first-order valence-electron chi connectivity index (χ1n) is 8.31. The van der Waals surface area contributed by atoms with Crippen LogP contribution in [0.5, 0.6) is 0 Å². The summed E-state index contributed by atoms with van der Waals surface area (Å²) in [6, 6.07) is 13.8. The van der Waals surface area contributed by atoms with Crippen LogP contribution in [0.1, 0.15) is 0 Å². The number of tetrazole rings is 2. The van der Waals surface area contributed by atoms with Crippen LogP contribution < -0.4 is 10.6 Å². The molecule has 0 atom stereocenters. The number of carbonyl (C=O) groups excluding carboxylic acids is 1. The van der Waals surface area contributed by atoms with E-state index in [0.717, 1.165) is 0 Å². The quantitative estimate of drug-likeness (QED) is 0.567. The van der Waals surface area contributed by atoms with Gasteiger partial charge in [0.15, 0.2) is 11.6 Å². The molecule has 2 heterocycles. The number of aryl methyl sites for hydroxylation is 2. The molecule has 2 aromatic carbocycles. The van der Waals surface area contributed by atoms with Gasteiger partial charge in [-0.05, 0) is 45.1 Å². The number of aromatic nitrogens is 8. The second-order valence-electron chi connectivity index (χ2n) is 5.96. The molecular formula is C17H16N10O. The van der Waals surface area contributed by atoms with E-state index >= 15 is 0 Å². The lowest BCUT2D eigenvalue weighted by Gasteiger charge is -2.25. The third-order valence-corrected chi connectivity index (χ3v) is 4.23. The molecule has 140 valence electrons. The Balaban J connectivity index is 1.94. The van der Waals surface area contributed by atoms with Gasteiger partial charge in [-0.25, -0.2) is 14.2 Å². The number of anilines is 2. The van der Waals surface area contributed by atoms with Crippen LogP contribution in [0.25, 0.3) is 22.8 Å². The zero-order valence-corrected chi connectivity index (χ0v) is 15.1. The molecule has 0 aliphatic carbocycles. The van der Waals surface area contributed by atoms with Crippen molar-refractivity contribution in [2.24, 2.45) is 19.8 Å². The molecule has 0 aliphatic rings. The normalized spacial score (nSPS) is 10.8. The fourth-order valence-electron chi connectivity index (χ4n) is 3.00. The number of amides is 2. The molecule has 11 heteroatoms. The number of para-hydroxylation sites is 2. The molecule has 28 heavy (non-hydrogen) atoms. The summed E-state index contributed by atoms with van der Waals surface area (Å²) in [6.07, 6.45) is 0. The van der Waals surface area contributed by atoms with E-state index in [1.807, 2.05) is 36.4 Å². The summed E-state index contributed by atoms with van der Waals surface area (Å²) in [5, 5.41) is 23.2.